The van der Waals surface area contributed by atoms with Crippen molar-refractivity contribution in [3.63, 3.8) is 0 Å². The fourth-order valence-electron chi connectivity index (χ4n) is 4.54. The van der Waals surface area contributed by atoms with Crippen LogP contribution >= 0.6 is 11.6 Å². The van der Waals surface area contributed by atoms with E-state index in [1.165, 1.54) is 12.1 Å². The van der Waals surface area contributed by atoms with Crippen LogP contribution in [0.25, 0.3) is 0 Å². The molecule has 202 valence electrons. The van der Waals surface area contributed by atoms with Gasteiger partial charge < -0.3 is 15.0 Å². The highest BCUT2D eigenvalue weighted by Gasteiger charge is 2.32. The van der Waals surface area contributed by atoms with Gasteiger partial charge in [-0.25, -0.2) is 4.39 Å². The molecule has 0 spiro atoms. The largest absolute Gasteiger partial charge is 0.483 e. The molecule has 2 unspecified atom stereocenters. The summed E-state index contributed by atoms with van der Waals surface area (Å²) in [6.07, 6.45) is 0. The standard InChI is InChI=1S/C28H38ClFN4O3/c1-5-32(6-2)18-27(35)31-14-23-13-24(29)9-12-26(23)37-19-28(36)34-16-20(3)33(15-21(34)4)17-22-7-10-25(30)11-8-22/h7-13,20-21H,5-6,14-19H2,1-4H3,(H,31,35). The summed E-state index contributed by atoms with van der Waals surface area (Å²) in [7, 11) is 0. The van der Waals surface area contributed by atoms with Crippen LogP contribution in [0, 0.1) is 5.82 Å². The summed E-state index contributed by atoms with van der Waals surface area (Å²) in [5.74, 6) is 0.113. The Labute approximate surface area is 224 Å². The van der Waals surface area contributed by atoms with Gasteiger partial charge in [0.05, 0.1) is 6.54 Å². The van der Waals surface area contributed by atoms with E-state index in [2.05, 4.69) is 17.1 Å². The molecule has 0 bridgehead atoms. The molecule has 0 aromatic heterocycles. The molecule has 0 radical (unpaired) electrons. The first-order valence-corrected chi connectivity index (χ1v) is 13.3. The SMILES string of the molecule is CCN(CC)CC(=O)NCc1cc(Cl)ccc1OCC(=O)N1CC(C)N(Cc2ccc(F)cc2)CC1C. The van der Waals surface area contributed by atoms with Crippen molar-refractivity contribution in [1.29, 1.82) is 0 Å². The van der Waals surface area contributed by atoms with Gasteiger partial charge in [0.2, 0.25) is 5.91 Å². The van der Waals surface area contributed by atoms with Crippen molar-refractivity contribution in [2.45, 2.75) is 52.9 Å². The Morgan fingerprint density at radius 3 is 2.46 bits per heavy atom. The fraction of sp³-hybridized carbons (Fsp3) is 0.500. The van der Waals surface area contributed by atoms with Gasteiger partial charge in [0.15, 0.2) is 6.61 Å². The van der Waals surface area contributed by atoms with Crippen molar-refractivity contribution >= 4 is 23.4 Å². The molecule has 1 aliphatic heterocycles. The van der Waals surface area contributed by atoms with E-state index < -0.39 is 0 Å². The number of rotatable bonds is 11. The number of hydrogen-bond donors (Lipinski definition) is 1. The zero-order valence-electron chi connectivity index (χ0n) is 22.2. The molecular weight excluding hydrogens is 495 g/mol. The quantitative estimate of drug-likeness (QED) is 0.475. The number of benzene rings is 2. The minimum Gasteiger partial charge on any atom is -0.483 e. The molecule has 2 amide bonds. The molecule has 1 fully saturated rings. The third-order valence-electron chi connectivity index (χ3n) is 6.85. The molecule has 0 saturated carbocycles. The molecule has 2 atom stereocenters. The van der Waals surface area contributed by atoms with Crippen LogP contribution in [0.3, 0.4) is 0 Å². The first kappa shape index (κ1) is 28.9. The van der Waals surface area contributed by atoms with Gasteiger partial charge >= 0.3 is 0 Å². The van der Waals surface area contributed by atoms with Crippen molar-refractivity contribution in [3.05, 3.63) is 64.4 Å². The first-order chi connectivity index (χ1) is 17.7. The average molecular weight is 533 g/mol. The Morgan fingerprint density at radius 1 is 1.08 bits per heavy atom. The maximum absolute atomic E-state index is 13.2. The molecule has 3 rings (SSSR count). The molecular formula is C28H38ClFN4O3. The predicted molar refractivity (Wildman–Crippen MR) is 144 cm³/mol. The number of nitrogens with one attached hydrogen (secondary N) is 1. The third-order valence-corrected chi connectivity index (χ3v) is 7.08. The van der Waals surface area contributed by atoms with E-state index >= 15 is 0 Å². The fourth-order valence-corrected chi connectivity index (χ4v) is 4.73. The van der Waals surface area contributed by atoms with Gasteiger partial charge in [0.25, 0.3) is 5.91 Å². The van der Waals surface area contributed by atoms with E-state index in [1.807, 2.05) is 30.6 Å². The van der Waals surface area contributed by atoms with Crippen LogP contribution in [-0.4, -0.2) is 77.9 Å². The third kappa shape index (κ3) is 8.42. The second-order valence-electron chi connectivity index (χ2n) is 9.58. The van der Waals surface area contributed by atoms with Crippen LogP contribution in [0.5, 0.6) is 5.75 Å². The van der Waals surface area contributed by atoms with Gasteiger partial charge in [-0.2, -0.15) is 0 Å². The summed E-state index contributed by atoms with van der Waals surface area (Å²) in [4.78, 5) is 31.6. The Kier molecular flexibility index (Phi) is 10.7. The summed E-state index contributed by atoms with van der Waals surface area (Å²) in [6, 6.07) is 11.9. The van der Waals surface area contributed by atoms with Crippen LogP contribution < -0.4 is 10.1 Å². The van der Waals surface area contributed by atoms with Crippen molar-refractivity contribution in [3.8, 4) is 5.75 Å². The maximum Gasteiger partial charge on any atom is 0.260 e. The summed E-state index contributed by atoms with van der Waals surface area (Å²) >= 11 is 6.19. The monoisotopic (exact) mass is 532 g/mol. The highest BCUT2D eigenvalue weighted by molar-refractivity contribution is 6.30. The lowest BCUT2D eigenvalue weighted by Crippen LogP contribution is -2.58. The average Bonchev–Trinajstić information content (AvgIpc) is 2.88. The van der Waals surface area contributed by atoms with Gasteiger partial charge in [-0.1, -0.05) is 37.6 Å². The number of ether oxygens (including phenoxy) is 1. The van der Waals surface area contributed by atoms with Crippen LogP contribution in [-0.2, 0) is 22.7 Å². The zero-order chi connectivity index (χ0) is 26.9. The Balaban J connectivity index is 1.55. The number of halogens is 2. The lowest BCUT2D eigenvalue weighted by molar-refractivity contribution is -0.139. The first-order valence-electron chi connectivity index (χ1n) is 12.9. The molecule has 1 saturated heterocycles. The topological polar surface area (TPSA) is 65.1 Å². The second kappa shape index (κ2) is 13.7. The van der Waals surface area contributed by atoms with Crippen molar-refractivity contribution in [2.24, 2.45) is 0 Å². The molecule has 1 aliphatic rings. The summed E-state index contributed by atoms with van der Waals surface area (Å²) in [5.41, 5.74) is 1.77. The van der Waals surface area contributed by atoms with Crippen molar-refractivity contribution < 1.29 is 18.7 Å². The molecule has 1 heterocycles. The highest BCUT2D eigenvalue weighted by Crippen LogP contribution is 2.24. The molecule has 1 N–H and O–H groups in total. The lowest BCUT2D eigenvalue weighted by Gasteiger charge is -2.44. The van der Waals surface area contributed by atoms with Gasteiger partial charge in [-0.3, -0.25) is 19.4 Å². The minimum absolute atomic E-state index is 0.0109. The van der Waals surface area contributed by atoms with E-state index in [4.69, 9.17) is 16.3 Å². The summed E-state index contributed by atoms with van der Waals surface area (Å²) < 4.78 is 19.2. The van der Waals surface area contributed by atoms with Crippen LogP contribution in [0.4, 0.5) is 4.39 Å². The number of nitrogens with zero attached hydrogens (tertiary/aromatic N) is 3. The molecule has 2 aromatic carbocycles. The Morgan fingerprint density at radius 2 is 1.78 bits per heavy atom. The summed E-state index contributed by atoms with van der Waals surface area (Å²) in [6.45, 7) is 12.3. The van der Waals surface area contributed by atoms with Crippen molar-refractivity contribution in [1.82, 2.24) is 20.0 Å². The van der Waals surface area contributed by atoms with Gasteiger partial charge in [0.1, 0.15) is 11.6 Å². The molecule has 9 heteroatoms. The van der Waals surface area contributed by atoms with Gasteiger partial charge in [0, 0.05) is 48.8 Å². The molecule has 0 aliphatic carbocycles. The van der Waals surface area contributed by atoms with E-state index in [0.29, 0.717) is 30.4 Å². The van der Waals surface area contributed by atoms with Gasteiger partial charge in [-0.05, 0) is 62.8 Å². The number of hydrogen-bond acceptors (Lipinski definition) is 5. The number of likely N-dealkylation sites (N-methyl/N-ethyl adjacent to an activating group) is 1. The van der Waals surface area contributed by atoms with Gasteiger partial charge in [-0.15, -0.1) is 0 Å². The lowest BCUT2D eigenvalue weighted by atomic mass is 10.1. The number of carbonyl (C=O) groups excluding carboxylic acids is 2. The van der Waals surface area contributed by atoms with Crippen LogP contribution in [0.1, 0.15) is 38.8 Å². The number of amides is 2. The normalized spacial score (nSPS) is 18.2. The van der Waals surface area contributed by atoms with E-state index in [9.17, 15) is 14.0 Å². The second-order valence-corrected chi connectivity index (χ2v) is 10.0. The Bertz CT molecular complexity index is 1050. The van der Waals surface area contributed by atoms with E-state index in [-0.39, 0.29) is 42.9 Å². The van der Waals surface area contributed by atoms with E-state index in [0.717, 1.165) is 30.8 Å². The number of piperazine rings is 1. The van der Waals surface area contributed by atoms with Crippen LogP contribution in [0.15, 0.2) is 42.5 Å². The van der Waals surface area contributed by atoms with E-state index in [1.54, 1.807) is 30.3 Å². The maximum atomic E-state index is 13.2. The van der Waals surface area contributed by atoms with Crippen molar-refractivity contribution in [2.75, 3.05) is 39.3 Å². The highest BCUT2D eigenvalue weighted by atomic mass is 35.5. The number of carbonyl (C=O) groups is 2. The molecule has 37 heavy (non-hydrogen) atoms. The Hall–Kier alpha value is -2.68. The molecule has 7 nitrogen and oxygen atoms in total. The van der Waals surface area contributed by atoms with Crippen LogP contribution in [0.2, 0.25) is 5.02 Å². The predicted octanol–water partition coefficient (Wildman–Crippen LogP) is 3.94. The zero-order valence-corrected chi connectivity index (χ0v) is 22.9. The molecule has 2 aromatic rings. The smallest absolute Gasteiger partial charge is 0.260 e. The summed E-state index contributed by atoms with van der Waals surface area (Å²) in [5, 5.41) is 3.45. The minimum atomic E-state index is -0.244.